The summed E-state index contributed by atoms with van der Waals surface area (Å²) in [7, 11) is 0. The predicted molar refractivity (Wildman–Crippen MR) is 127 cm³/mol. The zero-order chi connectivity index (χ0) is 23.9. The molecule has 4 N–H and O–H groups in total. The van der Waals surface area contributed by atoms with E-state index in [2.05, 4.69) is 6.07 Å². The van der Waals surface area contributed by atoms with Crippen LogP contribution in [0, 0.1) is 22.6 Å². The Morgan fingerprint density at radius 3 is 2.45 bits per heavy atom. The number of nitrogens with one attached hydrogen (secondary N) is 1. The van der Waals surface area contributed by atoms with E-state index in [0.717, 1.165) is 27.8 Å². The number of benzene rings is 3. The molecule has 0 aliphatic rings. The molecule has 4 aromatic rings. The van der Waals surface area contributed by atoms with Gasteiger partial charge in [0, 0.05) is 45.4 Å². The van der Waals surface area contributed by atoms with Crippen LogP contribution in [0.1, 0.15) is 46.9 Å². The van der Waals surface area contributed by atoms with E-state index >= 15 is 0 Å². The van der Waals surface area contributed by atoms with Crippen molar-refractivity contribution >= 4 is 28.8 Å². The molecule has 3 aromatic carbocycles. The van der Waals surface area contributed by atoms with E-state index in [9.17, 15) is 19.6 Å². The molecule has 0 unspecified atom stereocenters. The van der Waals surface area contributed by atoms with Crippen molar-refractivity contribution in [3.63, 3.8) is 0 Å². The number of nitriles is 1. The largest absolute Gasteiger partial charge is 0.478 e. The van der Waals surface area contributed by atoms with E-state index in [-0.39, 0.29) is 22.9 Å². The molecule has 1 aromatic heterocycles. The number of hydrogen-bond acceptors (Lipinski definition) is 4. The molecular weight excluding hydrogens is 419 g/mol. The first-order chi connectivity index (χ1) is 15.8. The fourth-order valence-corrected chi connectivity index (χ4v) is 4.20. The third-order valence-electron chi connectivity index (χ3n) is 5.65. The van der Waals surface area contributed by atoms with Crippen LogP contribution in [-0.4, -0.2) is 21.9 Å². The standard InChI is InChI=1S/C26H21FN4O2/c1-14(2)25-24(20-8-3-15(26(32)33)9-16(20)12-28)21-11-22(30)17(13-29)10-23(21)31(25)19-6-4-18(27)5-7-19/h3-11,13-14,29H,30H2,1-2H3,(H,32,33). The monoisotopic (exact) mass is 440 g/mol. The molecule has 0 radical (unpaired) electrons. The van der Waals surface area contributed by atoms with Crippen molar-refractivity contribution in [1.82, 2.24) is 4.57 Å². The van der Waals surface area contributed by atoms with E-state index in [0.29, 0.717) is 16.8 Å². The van der Waals surface area contributed by atoms with Gasteiger partial charge in [0.15, 0.2) is 0 Å². The van der Waals surface area contributed by atoms with Crippen molar-refractivity contribution in [2.75, 3.05) is 5.73 Å². The lowest BCUT2D eigenvalue weighted by molar-refractivity contribution is 0.0697. The molecule has 0 saturated carbocycles. The lowest BCUT2D eigenvalue weighted by Gasteiger charge is -2.16. The summed E-state index contributed by atoms with van der Waals surface area (Å²) in [6, 6.07) is 16.3. The average molecular weight is 440 g/mol. The van der Waals surface area contributed by atoms with Crippen molar-refractivity contribution < 1.29 is 14.3 Å². The minimum atomic E-state index is -1.12. The van der Waals surface area contributed by atoms with Crippen molar-refractivity contribution in [1.29, 1.82) is 10.7 Å². The van der Waals surface area contributed by atoms with Gasteiger partial charge in [-0.15, -0.1) is 0 Å². The lowest BCUT2D eigenvalue weighted by atomic mass is 9.92. The maximum atomic E-state index is 13.7. The van der Waals surface area contributed by atoms with E-state index in [4.69, 9.17) is 11.1 Å². The molecule has 0 spiro atoms. The number of carbonyl (C=O) groups is 1. The fourth-order valence-electron chi connectivity index (χ4n) is 4.20. The molecule has 164 valence electrons. The Hall–Kier alpha value is -4.44. The molecule has 0 amide bonds. The molecule has 33 heavy (non-hydrogen) atoms. The smallest absolute Gasteiger partial charge is 0.335 e. The Labute approximate surface area is 189 Å². The molecule has 0 fully saturated rings. The predicted octanol–water partition coefficient (Wildman–Crippen LogP) is 5.71. The van der Waals surface area contributed by atoms with Gasteiger partial charge < -0.3 is 20.8 Å². The first kappa shape index (κ1) is 21.8. The van der Waals surface area contributed by atoms with Gasteiger partial charge in [-0.25, -0.2) is 9.18 Å². The van der Waals surface area contributed by atoms with Crippen LogP contribution in [0.4, 0.5) is 10.1 Å². The Morgan fingerprint density at radius 1 is 1.18 bits per heavy atom. The van der Waals surface area contributed by atoms with Gasteiger partial charge in [-0.05, 0) is 54.4 Å². The number of nitrogen functional groups attached to an aromatic ring is 1. The van der Waals surface area contributed by atoms with E-state index in [1.807, 2.05) is 18.4 Å². The highest BCUT2D eigenvalue weighted by Crippen LogP contribution is 2.43. The minimum Gasteiger partial charge on any atom is -0.478 e. The van der Waals surface area contributed by atoms with Gasteiger partial charge in [-0.1, -0.05) is 19.9 Å². The molecule has 6 nitrogen and oxygen atoms in total. The second-order valence-electron chi connectivity index (χ2n) is 8.05. The molecule has 0 aliphatic heterocycles. The van der Waals surface area contributed by atoms with Gasteiger partial charge in [0.05, 0.1) is 22.7 Å². The van der Waals surface area contributed by atoms with Crippen molar-refractivity contribution in [2.45, 2.75) is 19.8 Å². The summed E-state index contributed by atoms with van der Waals surface area (Å²) in [4.78, 5) is 11.5. The molecule has 0 saturated heterocycles. The van der Waals surface area contributed by atoms with Crippen LogP contribution >= 0.6 is 0 Å². The van der Waals surface area contributed by atoms with Gasteiger partial charge >= 0.3 is 5.97 Å². The maximum Gasteiger partial charge on any atom is 0.335 e. The third kappa shape index (κ3) is 3.62. The topological polar surface area (TPSA) is 116 Å². The van der Waals surface area contributed by atoms with Gasteiger partial charge in [0.25, 0.3) is 0 Å². The number of nitrogens with zero attached hydrogens (tertiary/aromatic N) is 2. The first-order valence-electron chi connectivity index (χ1n) is 10.3. The summed E-state index contributed by atoms with van der Waals surface area (Å²) in [6.45, 7) is 4.02. The van der Waals surface area contributed by atoms with Crippen molar-refractivity contribution in [2.24, 2.45) is 0 Å². The van der Waals surface area contributed by atoms with Crippen molar-refractivity contribution in [3.8, 4) is 22.9 Å². The summed E-state index contributed by atoms with van der Waals surface area (Å²) in [5.41, 5.74) is 11.1. The molecule has 0 atom stereocenters. The Balaban J connectivity index is 2.20. The number of carboxylic acids is 1. The zero-order valence-electron chi connectivity index (χ0n) is 18.1. The lowest BCUT2D eigenvalue weighted by Crippen LogP contribution is -2.04. The summed E-state index contributed by atoms with van der Waals surface area (Å²) in [6.07, 6.45) is 1.17. The van der Waals surface area contributed by atoms with Crippen LogP contribution in [0.25, 0.3) is 27.7 Å². The Bertz CT molecular complexity index is 1460. The molecule has 7 heteroatoms. The minimum absolute atomic E-state index is 0.0206. The van der Waals surface area contributed by atoms with Crippen LogP contribution in [0.15, 0.2) is 54.6 Å². The number of hydrogen-bond donors (Lipinski definition) is 3. The molecule has 4 rings (SSSR count). The second-order valence-corrected chi connectivity index (χ2v) is 8.05. The van der Waals surface area contributed by atoms with E-state index in [1.165, 1.54) is 30.5 Å². The maximum absolute atomic E-state index is 13.7. The number of fused-ring (bicyclic) bond motifs is 1. The van der Waals surface area contributed by atoms with E-state index < -0.39 is 5.97 Å². The van der Waals surface area contributed by atoms with Crippen LogP contribution < -0.4 is 5.73 Å². The van der Waals surface area contributed by atoms with Crippen LogP contribution in [0.2, 0.25) is 0 Å². The van der Waals surface area contributed by atoms with Gasteiger partial charge in [-0.3, -0.25) is 0 Å². The number of nitrogens with two attached hydrogens (primary N) is 1. The highest BCUT2D eigenvalue weighted by Gasteiger charge is 2.25. The summed E-state index contributed by atoms with van der Waals surface area (Å²) >= 11 is 0. The molecule has 0 aliphatic carbocycles. The van der Waals surface area contributed by atoms with Crippen LogP contribution in [-0.2, 0) is 0 Å². The number of aromatic carboxylic acids is 1. The van der Waals surface area contributed by atoms with Crippen LogP contribution in [0.3, 0.4) is 0 Å². The normalized spacial score (nSPS) is 11.0. The fraction of sp³-hybridized carbons (Fsp3) is 0.115. The Kier molecular flexibility index (Phi) is 5.44. The third-order valence-corrected chi connectivity index (χ3v) is 5.65. The summed E-state index contributed by atoms with van der Waals surface area (Å²) < 4.78 is 15.7. The SMILES string of the molecule is CC(C)c1c(-c2ccc(C(=O)O)cc2C#N)c2cc(N)c(C=N)cc2n1-c1ccc(F)cc1. The van der Waals surface area contributed by atoms with E-state index in [1.54, 1.807) is 30.3 Å². The number of carboxylic acid groups (broad SMARTS) is 1. The average Bonchev–Trinajstić information content (AvgIpc) is 3.12. The molecule has 0 bridgehead atoms. The summed E-state index contributed by atoms with van der Waals surface area (Å²) in [5.74, 6) is -1.49. The quantitative estimate of drug-likeness (QED) is 0.272. The second kappa shape index (κ2) is 8.24. The first-order valence-corrected chi connectivity index (χ1v) is 10.3. The van der Waals surface area contributed by atoms with Gasteiger partial charge in [-0.2, -0.15) is 5.26 Å². The van der Waals surface area contributed by atoms with Crippen molar-refractivity contribution in [3.05, 3.63) is 82.8 Å². The number of halogens is 1. The number of aromatic nitrogens is 1. The zero-order valence-corrected chi connectivity index (χ0v) is 18.1. The highest BCUT2D eigenvalue weighted by molar-refractivity contribution is 6.05. The van der Waals surface area contributed by atoms with Gasteiger partial charge in [0.2, 0.25) is 0 Å². The van der Waals surface area contributed by atoms with Crippen LogP contribution in [0.5, 0.6) is 0 Å². The molecule has 1 heterocycles. The summed E-state index contributed by atoms with van der Waals surface area (Å²) in [5, 5.41) is 27.7. The Morgan fingerprint density at radius 2 is 1.88 bits per heavy atom. The van der Waals surface area contributed by atoms with Gasteiger partial charge in [0.1, 0.15) is 5.82 Å². The highest BCUT2D eigenvalue weighted by atomic mass is 19.1. The number of rotatable bonds is 5. The molecular formula is C26H21FN4O2. The number of anilines is 1.